The van der Waals surface area contributed by atoms with Gasteiger partial charge in [0.15, 0.2) is 12.6 Å². The van der Waals surface area contributed by atoms with Gasteiger partial charge in [-0.1, -0.05) is 5.57 Å². The molecule has 7 N–H and O–H groups in total. The van der Waals surface area contributed by atoms with E-state index in [9.17, 15) is 35.7 Å². The van der Waals surface area contributed by atoms with Crippen LogP contribution in [0.1, 0.15) is 13.3 Å². The molecule has 0 saturated carbocycles. The molecule has 2 aliphatic rings. The molecule has 10 atom stereocenters. The quantitative estimate of drug-likeness (QED) is 0.198. The minimum Gasteiger partial charge on any atom is -0.394 e. The van der Waals surface area contributed by atoms with E-state index >= 15 is 0 Å². The van der Waals surface area contributed by atoms with E-state index in [4.69, 9.17) is 18.9 Å². The standard InChI is InChI=1S/C17H30O11/c1-7(2)3-4-25-17-15(13(23)11(21)9(6-19)27-17)28-16-14(24)12(22)10(20)8(5-18)26-16/h8-24H,1,3-6H2,2H3/t8-,9-,10-,11-,12+,13+,14-,15-,16+,17-/m1/s1. The Kier molecular flexibility index (Phi) is 8.73. The molecular weight excluding hydrogens is 380 g/mol. The summed E-state index contributed by atoms with van der Waals surface area (Å²) in [4.78, 5) is 0. The summed E-state index contributed by atoms with van der Waals surface area (Å²) in [6.45, 7) is 4.46. The van der Waals surface area contributed by atoms with Crippen LogP contribution in [0.5, 0.6) is 0 Å². The summed E-state index contributed by atoms with van der Waals surface area (Å²) in [7, 11) is 0. The maximum atomic E-state index is 10.4. The number of ether oxygens (including phenoxy) is 4. The predicted molar refractivity (Wildman–Crippen MR) is 91.8 cm³/mol. The van der Waals surface area contributed by atoms with E-state index in [0.29, 0.717) is 6.42 Å². The topological polar surface area (TPSA) is 179 Å². The van der Waals surface area contributed by atoms with Gasteiger partial charge >= 0.3 is 0 Å². The second-order valence-corrected chi connectivity index (χ2v) is 7.08. The Morgan fingerprint density at radius 2 is 1.36 bits per heavy atom. The average molecular weight is 410 g/mol. The van der Waals surface area contributed by atoms with Crippen LogP contribution in [0.4, 0.5) is 0 Å². The van der Waals surface area contributed by atoms with E-state index < -0.39 is 74.6 Å². The van der Waals surface area contributed by atoms with E-state index in [0.717, 1.165) is 5.57 Å². The van der Waals surface area contributed by atoms with Crippen molar-refractivity contribution in [1.82, 2.24) is 0 Å². The first-order valence-corrected chi connectivity index (χ1v) is 9.05. The highest BCUT2D eigenvalue weighted by atomic mass is 16.8. The summed E-state index contributed by atoms with van der Waals surface area (Å²) in [5.41, 5.74) is 0.835. The van der Waals surface area contributed by atoms with Gasteiger partial charge in [0, 0.05) is 0 Å². The molecule has 11 heteroatoms. The first kappa shape index (κ1) is 23.6. The van der Waals surface area contributed by atoms with E-state index in [1.807, 2.05) is 0 Å². The SMILES string of the molecule is C=C(C)CCO[C@@H]1O[C@H](CO)[C@@H](O)[C@H](O)[C@H]1O[C@@H]1O[C@H](CO)[C@@H](O)[C@H](O)[C@H]1O. The second kappa shape index (κ2) is 10.4. The van der Waals surface area contributed by atoms with Gasteiger partial charge in [0.2, 0.25) is 0 Å². The molecule has 2 heterocycles. The van der Waals surface area contributed by atoms with Crippen LogP contribution in [0.25, 0.3) is 0 Å². The summed E-state index contributed by atoms with van der Waals surface area (Å²) in [6.07, 6.45) is -14.0. The monoisotopic (exact) mass is 410 g/mol. The third-order valence-corrected chi connectivity index (χ3v) is 4.78. The van der Waals surface area contributed by atoms with Crippen LogP contribution in [0, 0.1) is 0 Å². The Bertz CT molecular complexity index is 501. The smallest absolute Gasteiger partial charge is 0.187 e. The van der Waals surface area contributed by atoms with Crippen molar-refractivity contribution in [3.8, 4) is 0 Å². The molecule has 164 valence electrons. The van der Waals surface area contributed by atoms with Crippen molar-refractivity contribution in [3.05, 3.63) is 12.2 Å². The van der Waals surface area contributed by atoms with Gasteiger partial charge in [-0.05, 0) is 13.3 Å². The zero-order valence-corrected chi connectivity index (χ0v) is 15.6. The van der Waals surface area contributed by atoms with E-state index in [1.165, 1.54) is 0 Å². The lowest BCUT2D eigenvalue weighted by atomic mass is 9.97. The number of aliphatic hydroxyl groups excluding tert-OH is 7. The maximum Gasteiger partial charge on any atom is 0.187 e. The largest absolute Gasteiger partial charge is 0.394 e. The number of rotatable bonds is 8. The third kappa shape index (κ3) is 5.26. The Labute approximate surface area is 162 Å². The minimum absolute atomic E-state index is 0.148. The van der Waals surface area contributed by atoms with Gasteiger partial charge in [0.1, 0.15) is 48.8 Å². The lowest BCUT2D eigenvalue weighted by Gasteiger charge is -2.45. The summed E-state index contributed by atoms with van der Waals surface area (Å²) in [5.74, 6) is 0. The first-order chi connectivity index (χ1) is 13.2. The molecule has 0 radical (unpaired) electrons. The van der Waals surface area contributed by atoms with Gasteiger partial charge in [0.05, 0.1) is 19.8 Å². The maximum absolute atomic E-state index is 10.4. The zero-order chi connectivity index (χ0) is 21.0. The number of hydrogen-bond donors (Lipinski definition) is 7. The molecule has 11 nitrogen and oxygen atoms in total. The van der Waals surface area contributed by atoms with Crippen molar-refractivity contribution in [2.75, 3.05) is 19.8 Å². The predicted octanol–water partition coefficient (Wildman–Crippen LogP) is -3.41. The van der Waals surface area contributed by atoms with Crippen molar-refractivity contribution in [2.24, 2.45) is 0 Å². The van der Waals surface area contributed by atoms with Crippen LogP contribution in [-0.2, 0) is 18.9 Å². The zero-order valence-electron chi connectivity index (χ0n) is 15.6. The Morgan fingerprint density at radius 1 is 0.821 bits per heavy atom. The van der Waals surface area contributed by atoms with Crippen LogP contribution in [0.15, 0.2) is 12.2 Å². The van der Waals surface area contributed by atoms with Gasteiger partial charge in [-0.2, -0.15) is 0 Å². The van der Waals surface area contributed by atoms with E-state index in [2.05, 4.69) is 6.58 Å². The number of hydrogen-bond acceptors (Lipinski definition) is 11. The van der Waals surface area contributed by atoms with Crippen LogP contribution in [0.2, 0.25) is 0 Å². The fourth-order valence-electron chi connectivity index (χ4n) is 3.02. The normalized spacial score (nSPS) is 44.4. The second-order valence-electron chi connectivity index (χ2n) is 7.08. The molecule has 0 aromatic rings. The lowest BCUT2D eigenvalue weighted by Crippen LogP contribution is -2.64. The molecule has 0 unspecified atom stereocenters. The van der Waals surface area contributed by atoms with Gasteiger partial charge < -0.3 is 54.7 Å². The Hall–Kier alpha value is -0.700. The molecular formula is C17H30O11. The Morgan fingerprint density at radius 3 is 1.89 bits per heavy atom. The molecule has 0 aromatic carbocycles. The highest BCUT2D eigenvalue weighted by Gasteiger charge is 2.50. The van der Waals surface area contributed by atoms with E-state index in [1.54, 1.807) is 6.92 Å². The van der Waals surface area contributed by atoms with Crippen molar-refractivity contribution in [2.45, 2.75) is 74.8 Å². The van der Waals surface area contributed by atoms with Crippen molar-refractivity contribution in [3.63, 3.8) is 0 Å². The molecule has 2 fully saturated rings. The summed E-state index contributed by atoms with van der Waals surface area (Å²) in [6, 6.07) is 0. The van der Waals surface area contributed by atoms with Gasteiger partial charge in [-0.15, -0.1) is 6.58 Å². The molecule has 0 aliphatic carbocycles. The molecule has 28 heavy (non-hydrogen) atoms. The average Bonchev–Trinajstić information content (AvgIpc) is 2.66. The summed E-state index contributed by atoms with van der Waals surface area (Å²) < 4.78 is 21.8. The van der Waals surface area contributed by atoms with Gasteiger partial charge in [0.25, 0.3) is 0 Å². The van der Waals surface area contributed by atoms with Crippen LogP contribution < -0.4 is 0 Å². The first-order valence-electron chi connectivity index (χ1n) is 9.05. The lowest BCUT2D eigenvalue weighted by molar-refractivity contribution is -0.367. The highest BCUT2D eigenvalue weighted by Crippen LogP contribution is 2.29. The molecule has 2 aliphatic heterocycles. The van der Waals surface area contributed by atoms with Crippen molar-refractivity contribution >= 4 is 0 Å². The van der Waals surface area contributed by atoms with Gasteiger partial charge in [-0.3, -0.25) is 0 Å². The van der Waals surface area contributed by atoms with Crippen molar-refractivity contribution < 1.29 is 54.7 Å². The molecule has 0 aromatic heterocycles. The van der Waals surface area contributed by atoms with E-state index in [-0.39, 0.29) is 6.61 Å². The Balaban J connectivity index is 2.14. The fraction of sp³-hybridized carbons (Fsp3) is 0.882. The molecule has 0 bridgehead atoms. The fourth-order valence-corrected chi connectivity index (χ4v) is 3.02. The van der Waals surface area contributed by atoms with Crippen LogP contribution >= 0.6 is 0 Å². The highest BCUT2D eigenvalue weighted by molar-refractivity contribution is 4.94. The van der Waals surface area contributed by atoms with Gasteiger partial charge in [-0.25, -0.2) is 0 Å². The molecule has 2 saturated heterocycles. The van der Waals surface area contributed by atoms with Crippen molar-refractivity contribution in [1.29, 1.82) is 0 Å². The van der Waals surface area contributed by atoms with Crippen LogP contribution in [-0.4, -0.2) is 117 Å². The third-order valence-electron chi connectivity index (χ3n) is 4.78. The molecule has 2 rings (SSSR count). The van der Waals surface area contributed by atoms with Crippen LogP contribution in [0.3, 0.4) is 0 Å². The minimum atomic E-state index is -1.70. The number of aliphatic hydroxyl groups is 7. The molecule has 0 amide bonds. The summed E-state index contributed by atoms with van der Waals surface area (Å²) in [5, 5.41) is 68.9. The molecule has 0 spiro atoms. The summed E-state index contributed by atoms with van der Waals surface area (Å²) >= 11 is 0.